The molecule has 0 aromatic heterocycles. The molecule has 0 aliphatic heterocycles. The van der Waals surface area contributed by atoms with Crippen LogP contribution in [0, 0.1) is 0 Å². The number of carbonyl (C=O) groups excluding carboxylic acids is 3. The number of nitrogens with one attached hydrogen (secondary N) is 3. The molecule has 1 atom stereocenters. The second-order valence-electron chi connectivity index (χ2n) is 14.7. The number of fused-ring (bicyclic) bond motifs is 1. The molecule has 4 amide bonds. The third-order valence-electron chi connectivity index (χ3n) is 8.40. The number of hydrogen-bond donors (Lipinski definition) is 3. The molecule has 0 saturated carbocycles. The Labute approximate surface area is 314 Å². The van der Waals surface area contributed by atoms with Gasteiger partial charge in [0.15, 0.2) is 6.29 Å². The first-order valence-corrected chi connectivity index (χ1v) is 18.4. The molecule has 4 rings (SSSR count). The highest BCUT2D eigenvalue weighted by atomic mass is 16.7. The zero-order valence-corrected chi connectivity index (χ0v) is 32.2. The van der Waals surface area contributed by atoms with Crippen LogP contribution in [0.4, 0.5) is 4.79 Å². The van der Waals surface area contributed by atoms with Gasteiger partial charge in [-0.3, -0.25) is 9.59 Å². The number of nitrogens with zero attached hydrogens (tertiary/aromatic N) is 1. The summed E-state index contributed by atoms with van der Waals surface area (Å²) in [6.45, 7) is 14.9. The van der Waals surface area contributed by atoms with Crippen molar-refractivity contribution in [1.29, 1.82) is 0 Å². The fraction of sp³-hybridized carbons (Fsp3) is 0.419. The maximum absolute atomic E-state index is 14.8. The summed E-state index contributed by atoms with van der Waals surface area (Å²) in [6.07, 6.45) is -0.490. The number of amides is 4. The van der Waals surface area contributed by atoms with E-state index in [1.54, 1.807) is 18.7 Å². The van der Waals surface area contributed by atoms with Gasteiger partial charge >= 0.3 is 6.03 Å². The molecule has 53 heavy (non-hydrogen) atoms. The lowest BCUT2D eigenvalue weighted by Gasteiger charge is -2.32. The van der Waals surface area contributed by atoms with Crippen LogP contribution in [0.1, 0.15) is 71.6 Å². The summed E-state index contributed by atoms with van der Waals surface area (Å²) in [6, 6.07) is 29.9. The molecule has 284 valence electrons. The predicted octanol–water partition coefficient (Wildman–Crippen LogP) is 7.14. The van der Waals surface area contributed by atoms with Crippen LogP contribution in [0.3, 0.4) is 0 Å². The number of ether oxygens (including phenoxy) is 3. The molecule has 0 spiro atoms. The van der Waals surface area contributed by atoms with E-state index in [1.807, 2.05) is 132 Å². The van der Waals surface area contributed by atoms with Crippen molar-refractivity contribution >= 4 is 28.6 Å². The molecular weight excluding hydrogens is 668 g/mol. The van der Waals surface area contributed by atoms with Crippen molar-refractivity contribution in [3.05, 3.63) is 114 Å². The molecule has 1 unspecified atom stereocenters. The summed E-state index contributed by atoms with van der Waals surface area (Å²) in [7, 11) is 0. The molecule has 0 saturated heterocycles. The Kier molecular flexibility index (Phi) is 14.8. The highest BCUT2D eigenvalue weighted by Crippen LogP contribution is 2.23. The molecule has 4 aromatic carbocycles. The van der Waals surface area contributed by atoms with Gasteiger partial charge in [-0.2, -0.15) is 0 Å². The van der Waals surface area contributed by atoms with Gasteiger partial charge in [0, 0.05) is 44.7 Å². The molecule has 0 heterocycles. The molecule has 4 aromatic rings. The average molecular weight is 725 g/mol. The summed E-state index contributed by atoms with van der Waals surface area (Å²) >= 11 is 0. The highest BCUT2D eigenvalue weighted by molar-refractivity contribution is 5.90. The van der Waals surface area contributed by atoms with Crippen molar-refractivity contribution in [2.75, 3.05) is 19.8 Å². The summed E-state index contributed by atoms with van der Waals surface area (Å²) < 4.78 is 17.8. The van der Waals surface area contributed by atoms with Crippen molar-refractivity contribution in [2.24, 2.45) is 0 Å². The minimum Gasteiger partial charge on any atom is -0.488 e. The summed E-state index contributed by atoms with van der Waals surface area (Å²) in [5.74, 6) is 0.0538. The van der Waals surface area contributed by atoms with Gasteiger partial charge in [0.05, 0.1) is 6.54 Å². The van der Waals surface area contributed by atoms with E-state index >= 15 is 0 Å². The number of urea groups is 1. The van der Waals surface area contributed by atoms with Crippen LogP contribution in [-0.2, 0) is 38.6 Å². The molecule has 3 N–H and O–H groups in total. The van der Waals surface area contributed by atoms with Gasteiger partial charge < -0.3 is 35.1 Å². The number of benzene rings is 4. The molecular formula is C43H56N4O6. The standard InChI is InChI=1S/C43H56N4O6/c1-8-51-39(52-9-2)30-47(29-34-20-15-19-33-18-13-14-21-36(33)34)40(49)37(26-31-22-24-35(25-23-31)53-42(3,4)5)45-38(48)27-43(6,7)46-41(50)44-28-32-16-11-10-12-17-32/h10-25,37,39H,8-9,26-30H2,1-7H3,(H,45,48)(H2,44,46,50). The number of hydrogen-bond acceptors (Lipinski definition) is 6. The smallest absolute Gasteiger partial charge is 0.315 e. The van der Waals surface area contributed by atoms with E-state index in [0.717, 1.165) is 27.5 Å². The monoisotopic (exact) mass is 724 g/mol. The Hall–Kier alpha value is -4.93. The molecule has 0 radical (unpaired) electrons. The lowest BCUT2D eigenvalue weighted by atomic mass is 9.98. The Morgan fingerprint density at radius 1 is 0.755 bits per heavy atom. The largest absolute Gasteiger partial charge is 0.488 e. The number of carbonyl (C=O) groups is 3. The first-order valence-electron chi connectivity index (χ1n) is 18.4. The lowest BCUT2D eigenvalue weighted by Crippen LogP contribution is -2.54. The van der Waals surface area contributed by atoms with E-state index in [9.17, 15) is 14.4 Å². The van der Waals surface area contributed by atoms with Crippen LogP contribution >= 0.6 is 0 Å². The van der Waals surface area contributed by atoms with Crippen molar-refractivity contribution in [2.45, 2.75) is 97.9 Å². The normalized spacial score (nSPS) is 12.3. The molecule has 0 bridgehead atoms. The summed E-state index contributed by atoms with van der Waals surface area (Å²) in [4.78, 5) is 43.1. The van der Waals surface area contributed by atoms with Crippen LogP contribution in [-0.4, -0.2) is 66.0 Å². The Balaban J connectivity index is 1.59. The van der Waals surface area contributed by atoms with Crippen molar-refractivity contribution < 1.29 is 28.6 Å². The van der Waals surface area contributed by atoms with Crippen LogP contribution in [0.15, 0.2) is 97.1 Å². The fourth-order valence-electron chi connectivity index (χ4n) is 6.10. The topological polar surface area (TPSA) is 118 Å². The van der Waals surface area contributed by atoms with E-state index in [1.165, 1.54) is 0 Å². The Bertz CT molecular complexity index is 1760. The van der Waals surface area contributed by atoms with Gasteiger partial charge in [0.25, 0.3) is 0 Å². The van der Waals surface area contributed by atoms with E-state index in [-0.39, 0.29) is 43.3 Å². The van der Waals surface area contributed by atoms with Gasteiger partial charge in [0.2, 0.25) is 11.8 Å². The Morgan fingerprint density at radius 2 is 1.40 bits per heavy atom. The van der Waals surface area contributed by atoms with Gasteiger partial charge in [0.1, 0.15) is 17.4 Å². The summed E-state index contributed by atoms with van der Waals surface area (Å²) in [5, 5.41) is 10.9. The average Bonchev–Trinajstić information content (AvgIpc) is 3.10. The molecule has 0 aliphatic carbocycles. The van der Waals surface area contributed by atoms with Crippen molar-refractivity contribution in [3.8, 4) is 5.75 Å². The molecule has 0 fully saturated rings. The van der Waals surface area contributed by atoms with Crippen LogP contribution < -0.4 is 20.7 Å². The third kappa shape index (κ3) is 13.5. The molecule has 0 aliphatic rings. The Morgan fingerprint density at radius 3 is 2.06 bits per heavy atom. The van der Waals surface area contributed by atoms with Crippen molar-refractivity contribution in [1.82, 2.24) is 20.9 Å². The quantitative estimate of drug-likeness (QED) is 0.0940. The van der Waals surface area contributed by atoms with Crippen LogP contribution in [0.2, 0.25) is 0 Å². The maximum Gasteiger partial charge on any atom is 0.315 e. The predicted molar refractivity (Wildman–Crippen MR) is 209 cm³/mol. The second kappa shape index (κ2) is 19.2. The van der Waals surface area contributed by atoms with E-state index in [0.29, 0.717) is 25.5 Å². The first kappa shape index (κ1) is 40.8. The summed E-state index contributed by atoms with van der Waals surface area (Å²) in [5.41, 5.74) is 1.49. The zero-order valence-electron chi connectivity index (χ0n) is 32.2. The van der Waals surface area contributed by atoms with E-state index < -0.39 is 23.9 Å². The lowest BCUT2D eigenvalue weighted by molar-refractivity contribution is -0.161. The SMILES string of the molecule is CCOC(CN(Cc1cccc2ccccc12)C(=O)C(Cc1ccc(OC(C)(C)C)cc1)NC(=O)CC(C)(C)NC(=O)NCc1ccccc1)OCC. The minimum atomic E-state index is -0.932. The zero-order chi connectivity index (χ0) is 38.4. The van der Waals surface area contributed by atoms with Crippen LogP contribution in [0.25, 0.3) is 10.8 Å². The highest BCUT2D eigenvalue weighted by Gasteiger charge is 2.32. The van der Waals surface area contributed by atoms with Crippen molar-refractivity contribution in [3.63, 3.8) is 0 Å². The van der Waals surface area contributed by atoms with E-state index in [2.05, 4.69) is 16.0 Å². The number of rotatable bonds is 18. The van der Waals surface area contributed by atoms with E-state index in [4.69, 9.17) is 14.2 Å². The maximum atomic E-state index is 14.8. The van der Waals surface area contributed by atoms with Gasteiger partial charge in [-0.15, -0.1) is 0 Å². The van der Waals surface area contributed by atoms with Gasteiger partial charge in [-0.25, -0.2) is 4.79 Å². The minimum absolute atomic E-state index is 0.0578. The van der Waals surface area contributed by atoms with Gasteiger partial charge in [-0.05, 0) is 88.1 Å². The second-order valence-corrected chi connectivity index (χ2v) is 14.7. The molecule has 10 nitrogen and oxygen atoms in total. The van der Waals surface area contributed by atoms with Gasteiger partial charge in [-0.1, -0.05) is 84.9 Å². The fourth-order valence-corrected chi connectivity index (χ4v) is 6.10. The third-order valence-corrected chi connectivity index (χ3v) is 8.40. The first-order chi connectivity index (χ1) is 25.2. The van der Waals surface area contributed by atoms with Crippen LogP contribution in [0.5, 0.6) is 5.75 Å². The molecule has 10 heteroatoms.